The van der Waals surface area contributed by atoms with Crippen LogP contribution in [-0.4, -0.2) is 6.10 Å². The average Bonchev–Trinajstić information content (AvgIpc) is 1.93. The van der Waals surface area contributed by atoms with Gasteiger partial charge < -0.3 is 4.74 Å². The molecule has 0 fully saturated rings. The van der Waals surface area contributed by atoms with E-state index in [4.69, 9.17) is 4.74 Å². The number of halogens is 1. The fourth-order valence-electron chi connectivity index (χ4n) is 0.785. The summed E-state index contributed by atoms with van der Waals surface area (Å²) in [7, 11) is 0. The summed E-state index contributed by atoms with van der Waals surface area (Å²) in [5.41, 5.74) is 0. The van der Waals surface area contributed by atoms with Crippen molar-refractivity contribution in [2.45, 2.75) is 20.0 Å². The Labute approximate surface area is 65.8 Å². The summed E-state index contributed by atoms with van der Waals surface area (Å²) in [5, 5.41) is 0. The van der Waals surface area contributed by atoms with Crippen LogP contribution >= 0.6 is 0 Å². The Balaban J connectivity index is 2.66. The van der Waals surface area contributed by atoms with Gasteiger partial charge in [0.05, 0.1) is 6.10 Å². The maximum atomic E-state index is 12.4. The lowest BCUT2D eigenvalue weighted by Gasteiger charge is -2.08. The van der Waals surface area contributed by atoms with Crippen LogP contribution in [0.4, 0.5) is 4.39 Å². The molecule has 0 heterocycles. The molecule has 11 heavy (non-hydrogen) atoms. The van der Waals surface area contributed by atoms with Crippen molar-refractivity contribution in [3.63, 3.8) is 0 Å². The molecule has 0 aliphatic carbocycles. The van der Waals surface area contributed by atoms with Gasteiger partial charge in [0.15, 0.2) is 0 Å². The molecular formula is C9H11FO. The fourth-order valence-corrected chi connectivity index (χ4v) is 0.785. The van der Waals surface area contributed by atoms with Crippen molar-refractivity contribution in [2.75, 3.05) is 0 Å². The lowest BCUT2D eigenvalue weighted by Crippen LogP contribution is -2.05. The van der Waals surface area contributed by atoms with Crippen LogP contribution < -0.4 is 4.74 Å². The zero-order valence-electron chi connectivity index (χ0n) is 6.67. The zero-order valence-corrected chi connectivity index (χ0v) is 6.67. The third kappa shape index (κ3) is 2.58. The van der Waals surface area contributed by atoms with Crippen LogP contribution in [-0.2, 0) is 0 Å². The van der Waals surface area contributed by atoms with Crippen LogP contribution in [0.2, 0.25) is 0 Å². The Hall–Kier alpha value is -1.05. The molecule has 0 unspecified atom stereocenters. The lowest BCUT2D eigenvalue weighted by atomic mass is 10.3. The monoisotopic (exact) mass is 154 g/mol. The molecule has 0 atom stereocenters. The van der Waals surface area contributed by atoms with E-state index in [2.05, 4.69) is 0 Å². The lowest BCUT2D eigenvalue weighted by molar-refractivity contribution is 0.242. The van der Waals surface area contributed by atoms with Gasteiger partial charge >= 0.3 is 0 Å². The van der Waals surface area contributed by atoms with Gasteiger partial charge in [-0.2, -0.15) is 0 Å². The molecule has 0 saturated carbocycles. The number of ether oxygens (including phenoxy) is 1. The first kappa shape index (κ1) is 8.05. The van der Waals surface area contributed by atoms with Gasteiger partial charge in [-0.3, -0.25) is 0 Å². The highest BCUT2D eigenvalue weighted by molar-refractivity contribution is 5.22. The molecule has 1 rings (SSSR count). The second-order valence-electron chi connectivity index (χ2n) is 2.62. The second-order valence-corrected chi connectivity index (χ2v) is 2.62. The van der Waals surface area contributed by atoms with Crippen LogP contribution in [0.3, 0.4) is 0 Å². The molecule has 0 radical (unpaired) electrons. The number of hydrogen-bond acceptors (Lipinski definition) is 1. The molecule has 0 aliphatic heterocycles. The van der Waals surface area contributed by atoms with E-state index in [-0.39, 0.29) is 11.9 Å². The maximum Gasteiger partial charge on any atom is 0.123 e. The van der Waals surface area contributed by atoms with E-state index in [9.17, 15) is 4.39 Å². The van der Waals surface area contributed by atoms with Gasteiger partial charge in [0.1, 0.15) is 11.6 Å². The highest BCUT2D eigenvalue weighted by atomic mass is 19.1. The fraction of sp³-hybridized carbons (Fsp3) is 0.333. The van der Waals surface area contributed by atoms with Gasteiger partial charge in [-0.25, -0.2) is 4.39 Å². The van der Waals surface area contributed by atoms with Crippen molar-refractivity contribution >= 4 is 0 Å². The Morgan fingerprint density at radius 1 is 1.18 bits per heavy atom. The van der Waals surface area contributed by atoms with Gasteiger partial charge in [0, 0.05) is 0 Å². The molecule has 0 bridgehead atoms. The molecule has 0 saturated heterocycles. The van der Waals surface area contributed by atoms with E-state index in [1.807, 2.05) is 13.8 Å². The first-order chi connectivity index (χ1) is 5.18. The minimum Gasteiger partial charge on any atom is -0.491 e. The summed E-state index contributed by atoms with van der Waals surface area (Å²) in [5.74, 6) is 0.475. The minimum absolute atomic E-state index is 0.139. The first-order valence-electron chi connectivity index (χ1n) is 3.60. The SMILES string of the molecule is CC(C)Oc1ccc(F)cc1. The summed E-state index contributed by atoms with van der Waals surface area (Å²) in [6.07, 6.45) is 0.139. The number of rotatable bonds is 2. The molecular weight excluding hydrogens is 143 g/mol. The predicted octanol–water partition coefficient (Wildman–Crippen LogP) is 2.61. The molecule has 1 nitrogen and oxygen atoms in total. The van der Waals surface area contributed by atoms with E-state index in [1.54, 1.807) is 12.1 Å². The Bertz CT molecular complexity index is 216. The molecule has 0 N–H and O–H groups in total. The quantitative estimate of drug-likeness (QED) is 0.636. The minimum atomic E-state index is -0.235. The average molecular weight is 154 g/mol. The third-order valence-corrected chi connectivity index (χ3v) is 1.19. The maximum absolute atomic E-state index is 12.4. The van der Waals surface area contributed by atoms with Crippen molar-refractivity contribution < 1.29 is 9.13 Å². The van der Waals surface area contributed by atoms with Gasteiger partial charge in [-0.1, -0.05) is 0 Å². The largest absolute Gasteiger partial charge is 0.491 e. The Kier molecular flexibility index (Phi) is 2.47. The van der Waals surface area contributed by atoms with Crippen molar-refractivity contribution in [3.05, 3.63) is 30.1 Å². The van der Waals surface area contributed by atoms with Gasteiger partial charge in [-0.05, 0) is 38.1 Å². The molecule has 1 aromatic rings. The highest BCUT2D eigenvalue weighted by Crippen LogP contribution is 2.12. The van der Waals surface area contributed by atoms with E-state index in [0.29, 0.717) is 5.75 Å². The van der Waals surface area contributed by atoms with Crippen LogP contribution in [0, 0.1) is 5.82 Å². The highest BCUT2D eigenvalue weighted by Gasteiger charge is 1.96. The van der Waals surface area contributed by atoms with E-state index in [0.717, 1.165) is 0 Å². The van der Waals surface area contributed by atoms with Crippen LogP contribution in [0.15, 0.2) is 24.3 Å². The van der Waals surface area contributed by atoms with E-state index >= 15 is 0 Å². The number of benzene rings is 1. The summed E-state index contributed by atoms with van der Waals surface area (Å²) in [6.45, 7) is 3.87. The molecule has 0 aliphatic rings. The molecule has 2 heteroatoms. The Morgan fingerprint density at radius 3 is 2.18 bits per heavy atom. The van der Waals surface area contributed by atoms with Crippen LogP contribution in [0.5, 0.6) is 5.75 Å². The van der Waals surface area contributed by atoms with Gasteiger partial charge in [0.25, 0.3) is 0 Å². The topological polar surface area (TPSA) is 9.23 Å². The molecule has 0 aromatic heterocycles. The number of hydrogen-bond donors (Lipinski definition) is 0. The molecule has 0 amide bonds. The van der Waals surface area contributed by atoms with E-state index < -0.39 is 0 Å². The van der Waals surface area contributed by atoms with Crippen molar-refractivity contribution in [1.29, 1.82) is 0 Å². The van der Waals surface area contributed by atoms with Crippen molar-refractivity contribution in [3.8, 4) is 5.75 Å². The standard InChI is InChI=1S/C9H11FO/c1-7(2)11-9-5-3-8(10)4-6-9/h3-7H,1-2H3. The third-order valence-electron chi connectivity index (χ3n) is 1.19. The summed E-state index contributed by atoms with van der Waals surface area (Å²) in [6, 6.07) is 6.01. The normalized spacial score (nSPS) is 10.2. The summed E-state index contributed by atoms with van der Waals surface area (Å²) in [4.78, 5) is 0. The van der Waals surface area contributed by atoms with E-state index in [1.165, 1.54) is 12.1 Å². The Morgan fingerprint density at radius 2 is 1.73 bits per heavy atom. The molecule has 60 valence electrons. The smallest absolute Gasteiger partial charge is 0.123 e. The second kappa shape index (κ2) is 3.37. The summed E-state index contributed by atoms with van der Waals surface area (Å²) >= 11 is 0. The first-order valence-corrected chi connectivity index (χ1v) is 3.60. The van der Waals surface area contributed by atoms with Crippen LogP contribution in [0.1, 0.15) is 13.8 Å². The van der Waals surface area contributed by atoms with Crippen LogP contribution in [0.25, 0.3) is 0 Å². The predicted molar refractivity (Wildman–Crippen MR) is 42.2 cm³/mol. The summed E-state index contributed by atoms with van der Waals surface area (Å²) < 4.78 is 17.7. The van der Waals surface area contributed by atoms with Crippen molar-refractivity contribution in [1.82, 2.24) is 0 Å². The zero-order chi connectivity index (χ0) is 8.27. The molecule has 1 aromatic carbocycles. The van der Waals surface area contributed by atoms with Crippen molar-refractivity contribution in [2.24, 2.45) is 0 Å². The molecule has 0 spiro atoms. The van der Waals surface area contributed by atoms with Gasteiger partial charge in [0.2, 0.25) is 0 Å². The van der Waals surface area contributed by atoms with Gasteiger partial charge in [-0.15, -0.1) is 0 Å².